The number of para-hydroxylation sites is 1. The van der Waals surface area contributed by atoms with Gasteiger partial charge in [0, 0.05) is 29.2 Å². The number of aromatic nitrogens is 5. The summed E-state index contributed by atoms with van der Waals surface area (Å²) in [5.41, 5.74) is 4.11. The van der Waals surface area contributed by atoms with Crippen molar-refractivity contribution in [1.29, 1.82) is 0 Å². The summed E-state index contributed by atoms with van der Waals surface area (Å²) in [6, 6.07) is 10.4. The summed E-state index contributed by atoms with van der Waals surface area (Å²) in [6.45, 7) is 3.16. The van der Waals surface area contributed by atoms with Gasteiger partial charge in [0.25, 0.3) is 5.78 Å². The van der Waals surface area contributed by atoms with Crippen LogP contribution in [0.25, 0.3) is 27.9 Å². The Kier molecular flexibility index (Phi) is 3.50. The Morgan fingerprint density at radius 2 is 2.09 bits per heavy atom. The molecule has 4 rings (SSSR count). The highest BCUT2D eigenvalue weighted by atomic mass is 35.5. The molecule has 0 saturated carbocycles. The van der Waals surface area contributed by atoms with Crippen molar-refractivity contribution in [2.24, 2.45) is 0 Å². The molecule has 0 spiro atoms. The van der Waals surface area contributed by atoms with Gasteiger partial charge in [0.1, 0.15) is 6.33 Å². The molecule has 0 amide bonds. The van der Waals surface area contributed by atoms with Crippen LogP contribution in [-0.4, -0.2) is 24.1 Å². The highest BCUT2D eigenvalue weighted by Gasteiger charge is 2.15. The van der Waals surface area contributed by atoms with Gasteiger partial charge in [-0.15, -0.1) is 11.6 Å². The Morgan fingerprint density at radius 3 is 2.91 bits per heavy atom. The lowest BCUT2D eigenvalue weighted by Crippen LogP contribution is -1.99. The maximum Gasteiger partial charge on any atom is 0.252 e. The van der Waals surface area contributed by atoms with E-state index in [-0.39, 0.29) is 0 Å². The first-order valence-electron chi connectivity index (χ1n) is 7.65. The van der Waals surface area contributed by atoms with Gasteiger partial charge >= 0.3 is 0 Å². The molecule has 23 heavy (non-hydrogen) atoms. The molecular weight excluding hydrogens is 310 g/mol. The van der Waals surface area contributed by atoms with E-state index in [1.807, 2.05) is 6.07 Å². The number of halogens is 1. The Hall–Kier alpha value is -2.40. The van der Waals surface area contributed by atoms with Gasteiger partial charge in [-0.2, -0.15) is 14.6 Å². The highest BCUT2D eigenvalue weighted by molar-refractivity contribution is 6.17. The summed E-state index contributed by atoms with van der Waals surface area (Å²) in [5.74, 6) is 0.926. The summed E-state index contributed by atoms with van der Waals surface area (Å²) < 4.78 is 4.06. The molecule has 1 aromatic carbocycles. The molecule has 0 radical (unpaired) electrons. The van der Waals surface area contributed by atoms with Gasteiger partial charge in [0.05, 0.1) is 17.3 Å². The number of nitrogens with zero attached hydrogens (tertiary/aromatic N) is 5. The molecule has 116 valence electrons. The van der Waals surface area contributed by atoms with Crippen molar-refractivity contribution in [3.8, 4) is 11.3 Å². The molecular formula is C17H16ClN5. The summed E-state index contributed by atoms with van der Waals surface area (Å²) in [4.78, 5) is 8.63. The highest BCUT2D eigenvalue weighted by Crippen LogP contribution is 2.31. The molecule has 0 fully saturated rings. The second kappa shape index (κ2) is 5.66. The SMILES string of the molecule is CCCn1cc(-c2cc(CCl)nc3ncnn23)c2ccccc21. The average molecular weight is 326 g/mol. The Bertz CT molecular complexity index is 985. The smallest absolute Gasteiger partial charge is 0.252 e. The third-order valence-corrected chi connectivity index (χ3v) is 4.24. The van der Waals surface area contributed by atoms with Crippen molar-refractivity contribution in [3.63, 3.8) is 0 Å². The Labute approximate surface area is 138 Å². The van der Waals surface area contributed by atoms with E-state index in [2.05, 4.69) is 57.0 Å². The zero-order valence-electron chi connectivity index (χ0n) is 12.8. The number of hydrogen-bond donors (Lipinski definition) is 0. The second-order valence-electron chi connectivity index (χ2n) is 5.49. The summed E-state index contributed by atoms with van der Waals surface area (Å²) in [7, 11) is 0. The monoisotopic (exact) mass is 325 g/mol. The van der Waals surface area contributed by atoms with E-state index in [1.165, 1.54) is 17.2 Å². The molecule has 5 nitrogen and oxygen atoms in total. The lowest BCUT2D eigenvalue weighted by Gasteiger charge is -2.05. The molecule has 0 unspecified atom stereocenters. The molecule has 4 aromatic rings. The normalized spacial score (nSPS) is 11.6. The van der Waals surface area contributed by atoms with E-state index in [4.69, 9.17) is 11.6 Å². The average Bonchev–Trinajstić information content (AvgIpc) is 3.19. The van der Waals surface area contributed by atoms with Gasteiger partial charge in [0.15, 0.2) is 0 Å². The van der Waals surface area contributed by atoms with Crippen LogP contribution in [-0.2, 0) is 12.4 Å². The Morgan fingerprint density at radius 1 is 1.22 bits per heavy atom. The van der Waals surface area contributed by atoms with Gasteiger partial charge in [0.2, 0.25) is 0 Å². The van der Waals surface area contributed by atoms with Crippen molar-refractivity contribution in [2.75, 3.05) is 0 Å². The van der Waals surface area contributed by atoms with Crippen molar-refractivity contribution in [3.05, 3.63) is 48.5 Å². The van der Waals surface area contributed by atoms with Crippen LogP contribution in [0.2, 0.25) is 0 Å². The molecule has 0 aliphatic heterocycles. The van der Waals surface area contributed by atoms with Crippen LogP contribution in [0.15, 0.2) is 42.9 Å². The summed E-state index contributed by atoms with van der Waals surface area (Å²) in [5, 5.41) is 5.52. The molecule has 0 aliphatic carbocycles. The maximum absolute atomic E-state index is 6.00. The van der Waals surface area contributed by atoms with Crippen molar-refractivity contribution in [1.82, 2.24) is 24.1 Å². The predicted octanol–water partition coefficient (Wildman–Crippen LogP) is 3.89. The fraction of sp³-hybridized carbons (Fsp3) is 0.235. The molecule has 0 N–H and O–H groups in total. The van der Waals surface area contributed by atoms with E-state index in [1.54, 1.807) is 4.52 Å². The zero-order valence-corrected chi connectivity index (χ0v) is 13.5. The van der Waals surface area contributed by atoms with Crippen LogP contribution >= 0.6 is 11.6 Å². The molecule has 3 aromatic heterocycles. The second-order valence-corrected chi connectivity index (χ2v) is 5.76. The fourth-order valence-electron chi connectivity index (χ4n) is 3.00. The predicted molar refractivity (Wildman–Crippen MR) is 91.6 cm³/mol. The molecule has 3 heterocycles. The van der Waals surface area contributed by atoms with Gasteiger partial charge in [-0.3, -0.25) is 0 Å². The first kappa shape index (κ1) is 14.2. The Balaban J connectivity index is 2.04. The minimum Gasteiger partial charge on any atom is -0.347 e. The number of alkyl halides is 1. The van der Waals surface area contributed by atoms with Crippen LogP contribution in [0.4, 0.5) is 0 Å². The van der Waals surface area contributed by atoms with Crippen LogP contribution in [0.5, 0.6) is 0 Å². The van der Waals surface area contributed by atoms with Crippen molar-refractivity contribution < 1.29 is 0 Å². The van der Waals surface area contributed by atoms with Crippen molar-refractivity contribution in [2.45, 2.75) is 25.8 Å². The third-order valence-electron chi connectivity index (χ3n) is 3.97. The molecule has 0 atom stereocenters. The van der Waals surface area contributed by atoms with E-state index in [0.29, 0.717) is 11.7 Å². The molecule has 0 bridgehead atoms. The summed E-state index contributed by atoms with van der Waals surface area (Å²) in [6.07, 6.45) is 4.79. The standard InChI is InChI=1S/C17H16ClN5/c1-2-7-22-10-14(13-5-3-4-6-15(13)22)16-8-12(9-18)21-17-19-11-20-23(16)17/h3-6,8,10-11H,2,7,9H2,1H3. The minimum atomic E-state index is 0.351. The minimum absolute atomic E-state index is 0.351. The van der Waals surface area contributed by atoms with Crippen LogP contribution in [0, 0.1) is 0 Å². The largest absolute Gasteiger partial charge is 0.347 e. The first-order chi connectivity index (χ1) is 11.3. The van der Waals surface area contributed by atoms with E-state index in [0.717, 1.165) is 29.9 Å². The first-order valence-corrected chi connectivity index (χ1v) is 8.19. The third kappa shape index (κ3) is 2.28. The quantitative estimate of drug-likeness (QED) is 0.535. The molecule has 0 aliphatic rings. The number of rotatable bonds is 4. The van der Waals surface area contributed by atoms with E-state index < -0.39 is 0 Å². The maximum atomic E-state index is 6.00. The molecule has 0 saturated heterocycles. The van der Waals surface area contributed by atoms with Gasteiger partial charge in [-0.05, 0) is 18.6 Å². The number of aryl methyl sites for hydroxylation is 1. The van der Waals surface area contributed by atoms with E-state index in [9.17, 15) is 0 Å². The van der Waals surface area contributed by atoms with E-state index >= 15 is 0 Å². The summed E-state index contributed by atoms with van der Waals surface area (Å²) >= 11 is 6.00. The molecule has 6 heteroatoms. The van der Waals surface area contributed by atoms with Gasteiger partial charge < -0.3 is 4.57 Å². The van der Waals surface area contributed by atoms with Gasteiger partial charge in [-0.25, -0.2) is 4.98 Å². The lowest BCUT2D eigenvalue weighted by molar-refractivity contribution is 0.704. The van der Waals surface area contributed by atoms with Crippen molar-refractivity contribution >= 4 is 28.3 Å². The number of benzene rings is 1. The fourth-order valence-corrected chi connectivity index (χ4v) is 3.14. The topological polar surface area (TPSA) is 48.0 Å². The van der Waals surface area contributed by atoms with Gasteiger partial charge in [-0.1, -0.05) is 25.1 Å². The van der Waals surface area contributed by atoms with Crippen LogP contribution < -0.4 is 0 Å². The lowest BCUT2D eigenvalue weighted by atomic mass is 10.1. The number of fused-ring (bicyclic) bond motifs is 2. The number of hydrogen-bond acceptors (Lipinski definition) is 3. The van der Waals surface area contributed by atoms with Crippen LogP contribution in [0.1, 0.15) is 19.0 Å². The zero-order chi connectivity index (χ0) is 15.8. The van der Waals surface area contributed by atoms with Crippen LogP contribution in [0.3, 0.4) is 0 Å².